The summed E-state index contributed by atoms with van der Waals surface area (Å²) in [6.45, 7) is 4.48. The van der Waals surface area contributed by atoms with Gasteiger partial charge in [0.05, 0.1) is 18.1 Å². The Labute approximate surface area is 163 Å². The highest BCUT2D eigenvalue weighted by Gasteiger charge is 2.29. The van der Waals surface area contributed by atoms with Crippen LogP contribution in [0.4, 0.5) is 0 Å². The molecule has 0 unspecified atom stereocenters. The average molecular weight is 407 g/mol. The summed E-state index contributed by atoms with van der Waals surface area (Å²) in [6, 6.07) is 7.04. The summed E-state index contributed by atoms with van der Waals surface area (Å²) in [5, 5.41) is 2.05. The van der Waals surface area contributed by atoms with Crippen molar-refractivity contribution in [1.82, 2.24) is 9.21 Å². The molecule has 2 aromatic rings. The van der Waals surface area contributed by atoms with Gasteiger partial charge in [0.1, 0.15) is 0 Å². The molecule has 0 spiro atoms. The molecule has 0 aliphatic carbocycles. The molecule has 27 heavy (non-hydrogen) atoms. The summed E-state index contributed by atoms with van der Waals surface area (Å²) in [5.74, 6) is -0.120. The summed E-state index contributed by atoms with van der Waals surface area (Å²) in [4.78, 5) is 16.3. The largest absolute Gasteiger partial charge is 0.379 e. The number of amides is 1. The number of benzene rings is 1. The molecule has 1 aromatic carbocycles. The second kappa shape index (κ2) is 7.35. The first-order valence-corrected chi connectivity index (χ1v) is 11.3. The van der Waals surface area contributed by atoms with Gasteiger partial charge in [0.25, 0.3) is 5.91 Å². The number of hydrogen-bond acceptors (Lipinski definition) is 5. The molecule has 2 aliphatic heterocycles. The minimum atomic E-state index is -3.63. The fourth-order valence-corrected chi connectivity index (χ4v) is 6.09. The summed E-state index contributed by atoms with van der Waals surface area (Å²) < 4.78 is 32.8. The van der Waals surface area contributed by atoms with Crippen LogP contribution in [-0.4, -0.2) is 56.4 Å². The normalized spacial score (nSPS) is 18.3. The van der Waals surface area contributed by atoms with Crippen LogP contribution in [0.5, 0.6) is 0 Å². The Hall–Kier alpha value is -1.74. The Bertz CT molecular complexity index is 962. The van der Waals surface area contributed by atoms with Crippen molar-refractivity contribution in [2.24, 2.45) is 0 Å². The molecular weight excluding hydrogens is 384 g/mol. The lowest BCUT2D eigenvalue weighted by Crippen LogP contribution is -2.41. The number of thiophene rings is 1. The Morgan fingerprint density at radius 1 is 1.15 bits per heavy atom. The van der Waals surface area contributed by atoms with Gasteiger partial charge >= 0.3 is 0 Å². The van der Waals surface area contributed by atoms with Crippen molar-refractivity contribution in [3.05, 3.63) is 51.2 Å². The Morgan fingerprint density at radius 3 is 2.70 bits per heavy atom. The molecule has 8 heteroatoms. The van der Waals surface area contributed by atoms with E-state index in [1.807, 2.05) is 0 Å². The topological polar surface area (TPSA) is 66.9 Å². The van der Waals surface area contributed by atoms with Gasteiger partial charge in [0, 0.05) is 36.6 Å². The Kier molecular flexibility index (Phi) is 5.07. The number of rotatable bonds is 3. The molecule has 1 amide bonds. The van der Waals surface area contributed by atoms with E-state index in [9.17, 15) is 13.2 Å². The highest BCUT2D eigenvalue weighted by atomic mass is 32.2. The van der Waals surface area contributed by atoms with Crippen molar-refractivity contribution >= 4 is 27.3 Å². The van der Waals surface area contributed by atoms with Gasteiger partial charge in [-0.15, -0.1) is 11.3 Å². The SMILES string of the molecule is Cc1ccc(C(=O)N2CCc3sccc3C2)cc1S(=O)(=O)N1CCOCC1. The van der Waals surface area contributed by atoms with Crippen molar-refractivity contribution < 1.29 is 17.9 Å². The number of ether oxygens (including phenoxy) is 1. The predicted octanol–water partition coefficient (Wildman–Crippen LogP) is 2.28. The van der Waals surface area contributed by atoms with E-state index in [1.54, 1.807) is 35.3 Å². The van der Waals surface area contributed by atoms with Gasteiger partial charge in [-0.05, 0) is 48.1 Å². The van der Waals surface area contributed by atoms with Gasteiger partial charge < -0.3 is 9.64 Å². The van der Waals surface area contributed by atoms with Gasteiger partial charge in [0.2, 0.25) is 10.0 Å². The van der Waals surface area contributed by atoms with Crippen LogP contribution >= 0.6 is 11.3 Å². The Morgan fingerprint density at radius 2 is 1.93 bits per heavy atom. The van der Waals surface area contributed by atoms with Crippen LogP contribution in [0.1, 0.15) is 26.4 Å². The molecule has 0 N–H and O–H groups in total. The van der Waals surface area contributed by atoms with Crippen LogP contribution in [0.25, 0.3) is 0 Å². The van der Waals surface area contributed by atoms with Crippen LogP contribution in [0, 0.1) is 6.92 Å². The highest BCUT2D eigenvalue weighted by molar-refractivity contribution is 7.89. The van der Waals surface area contributed by atoms with E-state index >= 15 is 0 Å². The number of aryl methyl sites for hydroxylation is 1. The number of hydrogen-bond donors (Lipinski definition) is 0. The lowest BCUT2D eigenvalue weighted by Gasteiger charge is -2.28. The molecule has 0 radical (unpaired) electrons. The van der Waals surface area contributed by atoms with Gasteiger partial charge in [-0.25, -0.2) is 8.42 Å². The van der Waals surface area contributed by atoms with E-state index in [4.69, 9.17) is 4.74 Å². The second-order valence-corrected chi connectivity index (χ2v) is 9.75. The summed E-state index contributed by atoms with van der Waals surface area (Å²) in [7, 11) is -3.63. The van der Waals surface area contributed by atoms with Crippen molar-refractivity contribution in [3.8, 4) is 0 Å². The fourth-order valence-electron chi connectivity index (χ4n) is 3.54. The quantitative estimate of drug-likeness (QED) is 0.784. The number of sulfonamides is 1. The molecule has 6 nitrogen and oxygen atoms in total. The molecule has 1 saturated heterocycles. The molecule has 144 valence electrons. The first-order valence-electron chi connectivity index (χ1n) is 9.00. The Balaban J connectivity index is 1.61. The van der Waals surface area contributed by atoms with E-state index in [0.29, 0.717) is 50.5 Å². The summed E-state index contributed by atoms with van der Waals surface area (Å²) in [5.41, 5.74) is 2.26. The minimum Gasteiger partial charge on any atom is -0.379 e. The van der Waals surface area contributed by atoms with Crippen molar-refractivity contribution in [3.63, 3.8) is 0 Å². The van der Waals surface area contributed by atoms with Crippen LogP contribution in [0.3, 0.4) is 0 Å². The van der Waals surface area contributed by atoms with Crippen molar-refractivity contribution in [1.29, 1.82) is 0 Å². The van der Waals surface area contributed by atoms with E-state index in [2.05, 4.69) is 11.4 Å². The van der Waals surface area contributed by atoms with Gasteiger partial charge in [-0.2, -0.15) is 4.31 Å². The fraction of sp³-hybridized carbons (Fsp3) is 0.421. The molecule has 2 aliphatic rings. The second-order valence-electron chi connectivity index (χ2n) is 6.84. The third-order valence-electron chi connectivity index (χ3n) is 5.12. The maximum atomic E-state index is 13.0. The van der Waals surface area contributed by atoms with Crippen molar-refractivity contribution in [2.75, 3.05) is 32.8 Å². The van der Waals surface area contributed by atoms with E-state index < -0.39 is 10.0 Å². The third kappa shape index (κ3) is 3.54. The first kappa shape index (κ1) is 18.6. The molecule has 0 saturated carbocycles. The molecule has 3 heterocycles. The monoisotopic (exact) mass is 406 g/mol. The molecule has 1 fully saturated rings. The predicted molar refractivity (Wildman–Crippen MR) is 104 cm³/mol. The van der Waals surface area contributed by atoms with Crippen molar-refractivity contribution in [2.45, 2.75) is 24.8 Å². The first-order chi connectivity index (χ1) is 13.0. The van der Waals surface area contributed by atoms with E-state index in [-0.39, 0.29) is 10.8 Å². The standard InChI is InChI=1S/C19H22N2O4S2/c1-14-2-3-15(12-18(14)27(23,24)21-7-9-25-10-8-21)19(22)20-6-4-17-16(13-20)5-11-26-17/h2-3,5,11-12H,4,6-10,13H2,1H3. The summed E-state index contributed by atoms with van der Waals surface area (Å²) in [6.07, 6.45) is 0.851. The van der Waals surface area contributed by atoms with Crippen LogP contribution in [-0.2, 0) is 27.7 Å². The average Bonchev–Trinajstić information content (AvgIpc) is 3.16. The molecule has 0 bridgehead atoms. The number of carbonyl (C=O) groups is 1. The van der Waals surface area contributed by atoms with E-state index in [0.717, 1.165) is 6.42 Å². The molecule has 1 aromatic heterocycles. The maximum Gasteiger partial charge on any atom is 0.254 e. The van der Waals surface area contributed by atoms with Gasteiger partial charge in [-0.1, -0.05) is 6.07 Å². The number of morpholine rings is 1. The molecule has 4 rings (SSSR count). The van der Waals surface area contributed by atoms with Gasteiger partial charge in [0.15, 0.2) is 0 Å². The molecular formula is C19H22N2O4S2. The van der Waals surface area contributed by atoms with Crippen LogP contribution in [0.15, 0.2) is 34.5 Å². The minimum absolute atomic E-state index is 0.120. The zero-order valence-corrected chi connectivity index (χ0v) is 16.8. The zero-order chi connectivity index (χ0) is 19.0. The van der Waals surface area contributed by atoms with Gasteiger partial charge in [-0.3, -0.25) is 4.79 Å². The highest BCUT2D eigenvalue weighted by Crippen LogP contribution is 2.27. The lowest BCUT2D eigenvalue weighted by molar-refractivity contribution is 0.0727. The van der Waals surface area contributed by atoms with Crippen LogP contribution in [0.2, 0.25) is 0 Å². The lowest BCUT2D eigenvalue weighted by atomic mass is 10.1. The number of carbonyl (C=O) groups excluding carboxylic acids is 1. The summed E-state index contributed by atoms with van der Waals surface area (Å²) >= 11 is 1.73. The van der Waals surface area contributed by atoms with E-state index in [1.165, 1.54) is 20.8 Å². The number of fused-ring (bicyclic) bond motifs is 1. The molecule has 0 atom stereocenters. The number of nitrogens with zero attached hydrogens (tertiary/aromatic N) is 2. The van der Waals surface area contributed by atoms with Crippen LogP contribution < -0.4 is 0 Å². The smallest absolute Gasteiger partial charge is 0.254 e. The zero-order valence-electron chi connectivity index (χ0n) is 15.2. The third-order valence-corrected chi connectivity index (χ3v) is 8.18. The maximum absolute atomic E-state index is 13.0.